The Morgan fingerprint density at radius 2 is 1.88 bits per heavy atom. The van der Waals surface area contributed by atoms with Gasteiger partial charge in [0.05, 0.1) is 0 Å². The SMILES string of the molecule is CC(C)c1ccc([C@@H]2C[C@@H]3CNC[C@@H]32)cc1. The quantitative estimate of drug-likeness (QED) is 0.799. The third-order valence-corrected chi connectivity index (χ3v) is 4.50. The second-order valence-electron chi connectivity index (χ2n) is 5.75. The molecule has 86 valence electrons. The molecule has 0 aromatic heterocycles. The lowest BCUT2D eigenvalue weighted by Gasteiger charge is -2.40. The van der Waals surface area contributed by atoms with Crippen LogP contribution < -0.4 is 5.32 Å². The molecule has 0 radical (unpaired) electrons. The van der Waals surface area contributed by atoms with Crippen LogP contribution in [0.15, 0.2) is 24.3 Å². The zero-order chi connectivity index (χ0) is 11.1. The summed E-state index contributed by atoms with van der Waals surface area (Å²) >= 11 is 0. The van der Waals surface area contributed by atoms with Gasteiger partial charge in [0.25, 0.3) is 0 Å². The minimum Gasteiger partial charge on any atom is -0.316 e. The highest BCUT2D eigenvalue weighted by molar-refractivity contribution is 5.30. The van der Waals surface area contributed by atoms with Crippen LogP contribution in [0.3, 0.4) is 0 Å². The van der Waals surface area contributed by atoms with Crippen LogP contribution >= 0.6 is 0 Å². The summed E-state index contributed by atoms with van der Waals surface area (Å²) in [6.07, 6.45) is 1.40. The van der Waals surface area contributed by atoms with E-state index in [2.05, 4.69) is 43.4 Å². The Morgan fingerprint density at radius 3 is 2.50 bits per heavy atom. The normalized spacial score (nSPS) is 32.6. The molecule has 0 spiro atoms. The zero-order valence-corrected chi connectivity index (χ0v) is 10.2. The van der Waals surface area contributed by atoms with Gasteiger partial charge in [-0.05, 0) is 54.3 Å². The standard InChI is InChI=1S/C15H21N/c1-10(2)11-3-5-12(6-4-11)14-7-13-8-16-9-15(13)14/h3-6,10,13-16H,7-9H2,1-2H3/t13-,14+,15+/m1/s1. The van der Waals surface area contributed by atoms with Crippen molar-refractivity contribution in [3.8, 4) is 0 Å². The van der Waals surface area contributed by atoms with Gasteiger partial charge >= 0.3 is 0 Å². The molecule has 0 amide bonds. The van der Waals surface area contributed by atoms with E-state index in [0.717, 1.165) is 17.8 Å². The summed E-state index contributed by atoms with van der Waals surface area (Å²) in [6.45, 7) is 7.01. The predicted molar refractivity (Wildman–Crippen MR) is 67.7 cm³/mol. The highest BCUT2D eigenvalue weighted by Crippen LogP contribution is 2.48. The minimum absolute atomic E-state index is 0.649. The minimum atomic E-state index is 0.649. The van der Waals surface area contributed by atoms with Crippen molar-refractivity contribution in [2.45, 2.75) is 32.1 Å². The van der Waals surface area contributed by atoms with Crippen molar-refractivity contribution >= 4 is 0 Å². The predicted octanol–water partition coefficient (Wildman–Crippen LogP) is 3.13. The molecule has 0 bridgehead atoms. The van der Waals surface area contributed by atoms with E-state index in [1.54, 1.807) is 5.56 Å². The molecule has 1 nitrogen and oxygen atoms in total. The van der Waals surface area contributed by atoms with Crippen molar-refractivity contribution in [3.63, 3.8) is 0 Å². The van der Waals surface area contributed by atoms with E-state index in [9.17, 15) is 0 Å². The van der Waals surface area contributed by atoms with Gasteiger partial charge < -0.3 is 5.32 Å². The molecule has 2 aliphatic rings. The van der Waals surface area contributed by atoms with Crippen molar-refractivity contribution < 1.29 is 0 Å². The van der Waals surface area contributed by atoms with Gasteiger partial charge in [-0.1, -0.05) is 38.1 Å². The Bertz CT molecular complexity index is 366. The van der Waals surface area contributed by atoms with Gasteiger partial charge in [-0.3, -0.25) is 0 Å². The molecule has 1 saturated heterocycles. The third kappa shape index (κ3) is 1.58. The van der Waals surface area contributed by atoms with Gasteiger partial charge in [0.15, 0.2) is 0 Å². The summed E-state index contributed by atoms with van der Waals surface area (Å²) in [5.41, 5.74) is 3.03. The molecule has 1 heterocycles. The summed E-state index contributed by atoms with van der Waals surface area (Å²) < 4.78 is 0. The van der Waals surface area contributed by atoms with Gasteiger partial charge in [-0.25, -0.2) is 0 Å². The lowest BCUT2D eigenvalue weighted by Crippen LogP contribution is -2.33. The molecule has 0 unspecified atom stereocenters. The highest BCUT2D eigenvalue weighted by Gasteiger charge is 2.44. The van der Waals surface area contributed by atoms with Crippen LogP contribution in [-0.4, -0.2) is 13.1 Å². The van der Waals surface area contributed by atoms with Crippen LogP contribution in [-0.2, 0) is 0 Å². The van der Waals surface area contributed by atoms with Crippen LogP contribution in [0.4, 0.5) is 0 Å². The van der Waals surface area contributed by atoms with E-state index in [1.165, 1.54) is 25.1 Å². The Hall–Kier alpha value is -0.820. The van der Waals surface area contributed by atoms with E-state index < -0.39 is 0 Å². The molecule has 1 heteroatoms. The first kappa shape index (κ1) is 10.3. The second-order valence-corrected chi connectivity index (χ2v) is 5.75. The summed E-state index contributed by atoms with van der Waals surface area (Å²) in [7, 11) is 0. The van der Waals surface area contributed by atoms with Crippen LogP contribution in [0, 0.1) is 11.8 Å². The molecular formula is C15H21N. The summed E-state index contributed by atoms with van der Waals surface area (Å²) in [6, 6.07) is 9.34. The summed E-state index contributed by atoms with van der Waals surface area (Å²) in [5.74, 6) is 3.37. The fourth-order valence-corrected chi connectivity index (χ4v) is 3.30. The fraction of sp³-hybridized carbons (Fsp3) is 0.600. The van der Waals surface area contributed by atoms with Gasteiger partial charge in [0, 0.05) is 0 Å². The van der Waals surface area contributed by atoms with Crippen LogP contribution in [0.5, 0.6) is 0 Å². The maximum absolute atomic E-state index is 3.51. The maximum atomic E-state index is 3.51. The molecule has 2 fully saturated rings. The first-order valence-electron chi connectivity index (χ1n) is 6.56. The van der Waals surface area contributed by atoms with Crippen molar-refractivity contribution in [1.82, 2.24) is 5.32 Å². The van der Waals surface area contributed by atoms with Crippen LogP contribution in [0.1, 0.15) is 43.2 Å². The van der Waals surface area contributed by atoms with E-state index in [1.807, 2.05) is 0 Å². The third-order valence-electron chi connectivity index (χ3n) is 4.50. The van der Waals surface area contributed by atoms with Crippen molar-refractivity contribution in [3.05, 3.63) is 35.4 Å². The molecule has 1 aliphatic heterocycles. The Labute approximate surface area is 98.3 Å². The first-order chi connectivity index (χ1) is 7.75. The number of nitrogens with one attached hydrogen (secondary N) is 1. The van der Waals surface area contributed by atoms with E-state index in [4.69, 9.17) is 0 Å². The van der Waals surface area contributed by atoms with E-state index in [0.29, 0.717) is 5.92 Å². The molecule has 1 aliphatic carbocycles. The molecule has 3 rings (SSSR count). The largest absolute Gasteiger partial charge is 0.316 e. The summed E-state index contributed by atoms with van der Waals surface area (Å²) in [4.78, 5) is 0. The van der Waals surface area contributed by atoms with E-state index in [-0.39, 0.29) is 0 Å². The number of benzene rings is 1. The summed E-state index contributed by atoms with van der Waals surface area (Å²) in [5, 5.41) is 3.51. The Balaban J connectivity index is 1.75. The smallest absolute Gasteiger partial charge is 0.00114 e. The average molecular weight is 215 g/mol. The van der Waals surface area contributed by atoms with E-state index >= 15 is 0 Å². The lowest BCUT2D eigenvalue weighted by molar-refractivity contribution is 0.191. The zero-order valence-electron chi connectivity index (χ0n) is 10.2. The number of hydrogen-bond acceptors (Lipinski definition) is 1. The van der Waals surface area contributed by atoms with Gasteiger partial charge in [-0.2, -0.15) is 0 Å². The molecule has 1 aromatic carbocycles. The first-order valence-corrected chi connectivity index (χ1v) is 6.56. The van der Waals surface area contributed by atoms with Crippen molar-refractivity contribution in [2.75, 3.05) is 13.1 Å². The maximum Gasteiger partial charge on any atom is -0.00114 e. The second kappa shape index (κ2) is 3.89. The fourth-order valence-electron chi connectivity index (χ4n) is 3.30. The van der Waals surface area contributed by atoms with Gasteiger partial charge in [0.2, 0.25) is 0 Å². The molecular weight excluding hydrogens is 194 g/mol. The molecule has 16 heavy (non-hydrogen) atoms. The monoisotopic (exact) mass is 215 g/mol. The Kier molecular flexibility index (Phi) is 2.51. The van der Waals surface area contributed by atoms with Crippen LogP contribution in [0.25, 0.3) is 0 Å². The molecule has 1 aromatic rings. The molecule has 1 N–H and O–H groups in total. The highest BCUT2D eigenvalue weighted by atomic mass is 14.9. The number of fused-ring (bicyclic) bond motifs is 1. The topological polar surface area (TPSA) is 12.0 Å². The van der Waals surface area contributed by atoms with Gasteiger partial charge in [0.1, 0.15) is 0 Å². The van der Waals surface area contributed by atoms with Crippen molar-refractivity contribution in [1.29, 1.82) is 0 Å². The number of hydrogen-bond donors (Lipinski definition) is 1. The van der Waals surface area contributed by atoms with Gasteiger partial charge in [-0.15, -0.1) is 0 Å². The molecule has 1 saturated carbocycles. The van der Waals surface area contributed by atoms with Crippen LogP contribution in [0.2, 0.25) is 0 Å². The lowest BCUT2D eigenvalue weighted by atomic mass is 9.64. The number of rotatable bonds is 2. The Morgan fingerprint density at radius 1 is 1.12 bits per heavy atom. The average Bonchev–Trinajstić information content (AvgIpc) is 2.61. The molecule has 3 atom stereocenters. The van der Waals surface area contributed by atoms with Crippen molar-refractivity contribution in [2.24, 2.45) is 11.8 Å².